The summed E-state index contributed by atoms with van der Waals surface area (Å²) in [6, 6.07) is -0.634. The molecule has 0 aliphatic carbocycles. The Kier molecular flexibility index (Phi) is 5.53. The van der Waals surface area contributed by atoms with E-state index in [0.717, 1.165) is 0 Å². The SMILES string of the molecule is CCOC(=O)C(CS)NC(C)=O. The van der Waals surface area contributed by atoms with E-state index in [4.69, 9.17) is 4.74 Å². The van der Waals surface area contributed by atoms with Crippen molar-refractivity contribution >= 4 is 24.5 Å². The largest absolute Gasteiger partial charge is 0.464 e. The zero-order chi connectivity index (χ0) is 9.56. The summed E-state index contributed by atoms with van der Waals surface area (Å²) in [7, 11) is 0. The zero-order valence-electron chi connectivity index (χ0n) is 7.16. The fourth-order valence-corrected chi connectivity index (χ4v) is 0.908. The normalized spacial score (nSPS) is 11.9. The molecule has 0 spiro atoms. The van der Waals surface area contributed by atoms with E-state index in [0.29, 0.717) is 6.61 Å². The Labute approximate surface area is 77.1 Å². The summed E-state index contributed by atoms with van der Waals surface area (Å²) in [5, 5.41) is 2.42. The first-order chi connectivity index (χ1) is 5.61. The Hall–Kier alpha value is -0.710. The van der Waals surface area contributed by atoms with Gasteiger partial charge in [-0.05, 0) is 6.92 Å². The number of carbonyl (C=O) groups is 2. The summed E-state index contributed by atoms with van der Waals surface area (Å²) in [4.78, 5) is 21.6. The topological polar surface area (TPSA) is 55.4 Å². The van der Waals surface area contributed by atoms with E-state index in [9.17, 15) is 9.59 Å². The van der Waals surface area contributed by atoms with Crippen LogP contribution >= 0.6 is 12.6 Å². The molecule has 1 amide bonds. The highest BCUT2D eigenvalue weighted by molar-refractivity contribution is 7.80. The molecule has 0 aromatic heterocycles. The molecule has 0 bridgehead atoms. The smallest absolute Gasteiger partial charge is 0.329 e. The lowest BCUT2D eigenvalue weighted by atomic mass is 10.3. The van der Waals surface area contributed by atoms with Crippen molar-refractivity contribution < 1.29 is 14.3 Å². The molecule has 5 heteroatoms. The molecule has 4 nitrogen and oxygen atoms in total. The van der Waals surface area contributed by atoms with Crippen LogP contribution in [0.2, 0.25) is 0 Å². The minimum absolute atomic E-state index is 0.248. The van der Waals surface area contributed by atoms with Gasteiger partial charge in [0.15, 0.2) is 0 Å². The molecule has 0 aliphatic rings. The van der Waals surface area contributed by atoms with Gasteiger partial charge in [-0.3, -0.25) is 4.79 Å². The fourth-order valence-electron chi connectivity index (χ4n) is 0.667. The van der Waals surface area contributed by atoms with E-state index in [1.165, 1.54) is 6.92 Å². The second kappa shape index (κ2) is 5.88. The van der Waals surface area contributed by atoms with E-state index in [1.54, 1.807) is 6.92 Å². The second-order valence-electron chi connectivity index (χ2n) is 2.19. The van der Waals surface area contributed by atoms with E-state index < -0.39 is 12.0 Å². The van der Waals surface area contributed by atoms with Crippen LogP contribution < -0.4 is 5.32 Å². The first-order valence-corrected chi connectivity index (χ1v) is 4.29. The lowest BCUT2D eigenvalue weighted by Gasteiger charge is -2.12. The molecule has 0 aliphatic heterocycles. The average Bonchev–Trinajstić information content (AvgIpc) is 2.00. The van der Waals surface area contributed by atoms with Crippen LogP contribution in [0.15, 0.2) is 0 Å². The minimum Gasteiger partial charge on any atom is -0.464 e. The van der Waals surface area contributed by atoms with Crippen LogP contribution in [0.3, 0.4) is 0 Å². The Morgan fingerprint density at radius 3 is 2.50 bits per heavy atom. The van der Waals surface area contributed by atoms with E-state index in [2.05, 4.69) is 17.9 Å². The number of esters is 1. The van der Waals surface area contributed by atoms with Gasteiger partial charge in [0.1, 0.15) is 6.04 Å². The van der Waals surface area contributed by atoms with Crippen molar-refractivity contribution in [1.29, 1.82) is 0 Å². The number of amides is 1. The molecule has 0 fully saturated rings. The first kappa shape index (κ1) is 11.3. The van der Waals surface area contributed by atoms with Crippen LogP contribution in [0.1, 0.15) is 13.8 Å². The molecule has 1 N–H and O–H groups in total. The molecule has 0 saturated heterocycles. The third kappa shape index (κ3) is 4.23. The average molecular weight is 191 g/mol. The van der Waals surface area contributed by atoms with Crippen LogP contribution in [-0.2, 0) is 14.3 Å². The van der Waals surface area contributed by atoms with Gasteiger partial charge in [0.2, 0.25) is 5.91 Å². The molecule has 0 heterocycles. The molecular weight excluding hydrogens is 178 g/mol. The van der Waals surface area contributed by atoms with Crippen molar-refractivity contribution in [3.8, 4) is 0 Å². The van der Waals surface area contributed by atoms with Gasteiger partial charge in [0.05, 0.1) is 6.61 Å². The molecule has 1 atom stereocenters. The maximum Gasteiger partial charge on any atom is 0.329 e. The fraction of sp³-hybridized carbons (Fsp3) is 0.714. The predicted octanol–water partition coefficient (Wildman–Crippen LogP) is -0.0160. The van der Waals surface area contributed by atoms with Crippen LogP contribution in [0.25, 0.3) is 0 Å². The van der Waals surface area contributed by atoms with Crippen molar-refractivity contribution in [3.05, 3.63) is 0 Å². The summed E-state index contributed by atoms with van der Waals surface area (Å²) in [6.07, 6.45) is 0. The van der Waals surface area contributed by atoms with Crippen molar-refractivity contribution in [2.45, 2.75) is 19.9 Å². The highest BCUT2D eigenvalue weighted by Crippen LogP contribution is 1.92. The molecule has 0 rings (SSSR count). The van der Waals surface area contributed by atoms with Crippen LogP contribution in [0.5, 0.6) is 0 Å². The number of hydrogen-bond acceptors (Lipinski definition) is 4. The van der Waals surface area contributed by atoms with Gasteiger partial charge in [-0.15, -0.1) is 0 Å². The van der Waals surface area contributed by atoms with Crippen molar-refractivity contribution in [2.24, 2.45) is 0 Å². The van der Waals surface area contributed by atoms with Crippen molar-refractivity contribution in [2.75, 3.05) is 12.4 Å². The third-order valence-electron chi connectivity index (χ3n) is 1.13. The minimum atomic E-state index is -0.634. The summed E-state index contributed by atoms with van der Waals surface area (Å²) >= 11 is 3.91. The molecule has 0 saturated carbocycles. The maximum absolute atomic E-state index is 11.0. The molecular formula is C7H13NO3S. The lowest BCUT2D eigenvalue weighted by molar-refractivity contribution is -0.146. The zero-order valence-corrected chi connectivity index (χ0v) is 8.06. The van der Waals surface area contributed by atoms with Gasteiger partial charge >= 0.3 is 5.97 Å². The molecule has 0 radical (unpaired) electrons. The predicted molar refractivity (Wildman–Crippen MR) is 48.1 cm³/mol. The number of thiol groups is 1. The number of hydrogen-bond donors (Lipinski definition) is 2. The number of nitrogens with one attached hydrogen (secondary N) is 1. The Balaban J connectivity index is 3.96. The van der Waals surface area contributed by atoms with Crippen LogP contribution in [0, 0.1) is 0 Å². The molecule has 1 unspecified atom stereocenters. The first-order valence-electron chi connectivity index (χ1n) is 3.66. The summed E-state index contributed by atoms with van der Waals surface area (Å²) in [5.74, 6) is -0.455. The van der Waals surface area contributed by atoms with Gasteiger partial charge < -0.3 is 10.1 Å². The molecule has 70 valence electrons. The maximum atomic E-state index is 11.0. The molecule has 0 aromatic rings. The summed E-state index contributed by atoms with van der Waals surface area (Å²) in [6.45, 7) is 3.36. The number of carbonyl (C=O) groups excluding carboxylic acids is 2. The number of rotatable bonds is 4. The van der Waals surface area contributed by atoms with Crippen LogP contribution in [0.4, 0.5) is 0 Å². The Morgan fingerprint density at radius 1 is 1.58 bits per heavy atom. The standard InChI is InChI=1S/C7H13NO3S/c1-3-11-7(10)6(4-12)8-5(2)9/h6,12H,3-4H2,1-2H3,(H,8,9). The highest BCUT2D eigenvalue weighted by Gasteiger charge is 2.18. The van der Waals surface area contributed by atoms with Gasteiger partial charge in [-0.2, -0.15) is 12.6 Å². The monoisotopic (exact) mass is 191 g/mol. The summed E-state index contributed by atoms with van der Waals surface area (Å²) in [5.41, 5.74) is 0. The van der Waals surface area contributed by atoms with Crippen molar-refractivity contribution in [1.82, 2.24) is 5.32 Å². The van der Waals surface area contributed by atoms with E-state index in [-0.39, 0.29) is 11.7 Å². The van der Waals surface area contributed by atoms with Gasteiger partial charge in [-0.1, -0.05) is 0 Å². The van der Waals surface area contributed by atoms with E-state index >= 15 is 0 Å². The summed E-state index contributed by atoms with van der Waals surface area (Å²) < 4.78 is 4.69. The quantitative estimate of drug-likeness (QED) is 0.485. The van der Waals surface area contributed by atoms with Gasteiger partial charge in [-0.25, -0.2) is 4.79 Å². The molecule has 0 aromatic carbocycles. The Morgan fingerprint density at radius 2 is 2.17 bits per heavy atom. The Bertz CT molecular complexity index is 172. The van der Waals surface area contributed by atoms with Gasteiger partial charge in [0.25, 0.3) is 0 Å². The third-order valence-corrected chi connectivity index (χ3v) is 1.50. The highest BCUT2D eigenvalue weighted by atomic mass is 32.1. The van der Waals surface area contributed by atoms with Gasteiger partial charge in [0, 0.05) is 12.7 Å². The van der Waals surface area contributed by atoms with Crippen molar-refractivity contribution in [3.63, 3.8) is 0 Å². The second-order valence-corrected chi connectivity index (χ2v) is 2.55. The lowest BCUT2D eigenvalue weighted by Crippen LogP contribution is -2.42. The number of ether oxygens (including phenoxy) is 1. The molecule has 12 heavy (non-hydrogen) atoms. The van der Waals surface area contributed by atoms with E-state index in [1.807, 2.05) is 0 Å². The van der Waals surface area contributed by atoms with Crippen LogP contribution in [-0.4, -0.2) is 30.3 Å².